The molecule has 4 rings (SSSR count). The third-order valence-electron chi connectivity index (χ3n) is 4.40. The van der Waals surface area contributed by atoms with Crippen molar-refractivity contribution in [2.45, 2.75) is 51.0 Å². The van der Waals surface area contributed by atoms with Crippen molar-refractivity contribution < 1.29 is 0 Å². The molecule has 0 aromatic heterocycles. The molecule has 0 radical (unpaired) electrons. The Morgan fingerprint density at radius 3 is 2.00 bits per heavy atom. The molecule has 4 aliphatic carbocycles. The highest BCUT2D eigenvalue weighted by Crippen LogP contribution is 2.60. The van der Waals surface area contributed by atoms with Crippen molar-refractivity contribution >= 4 is 12.4 Å². The monoisotopic (exact) mass is 201 g/mol. The van der Waals surface area contributed by atoms with E-state index in [9.17, 15) is 0 Å². The molecule has 4 fully saturated rings. The van der Waals surface area contributed by atoms with Gasteiger partial charge in [-0.15, -0.1) is 12.4 Å². The zero-order valence-corrected chi connectivity index (χ0v) is 9.20. The highest BCUT2D eigenvalue weighted by Gasteiger charge is 2.53. The van der Waals surface area contributed by atoms with Gasteiger partial charge in [0.15, 0.2) is 0 Å². The average Bonchev–Trinajstić information content (AvgIpc) is 1.75. The Hall–Kier alpha value is 0.250. The molecule has 13 heavy (non-hydrogen) atoms. The first-order valence-corrected chi connectivity index (χ1v) is 5.36. The maximum absolute atomic E-state index is 6.41. The summed E-state index contributed by atoms with van der Waals surface area (Å²) in [6.07, 6.45) is 8.42. The van der Waals surface area contributed by atoms with E-state index < -0.39 is 0 Å². The summed E-state index contributed by atoms with van der Waals surface area (Å²) in [5.41, 5.74) is 7.31. The second kappa shape index (κ2) is 2.64. The minimum absolute atomic E-state index is 0. The molecule has 4 aliphatic rings. The number of nitrogens with two attached hydrogens (primary N) is 1. The van der Waals surface area contributed by atoms with Crippen LogP contribution in [0, 0.1) is 17.3 Å². The first-order valence-electron chi connectivity index (χ1n) is 5.36. The lowest BCUT2D eigenvalue weighted by Gasteiger charge is -2.60. The molecule has 4 saturated carbocycles. The van der Waals surface area contributed by atoms with E-state index >= 15 is 0 Å². The Kier molecular flexibility index (Phi) is 1.99. The van der Waals surface area contributed by atoms with Crippen LogP contribution in [0.4, 0.5) is 0 Å². The van der Waals surface area contributed by atoms with Gasteiger partial charge < -0.3 is 5.73 Å². The van der Waals surface area contributed by atoms with Crippen molar-refractivity contribution in [3.63, 3.8) is 0 Å². The largest absolute Gasteiger partial charge is 0.325 e. The van der Waals surface area contributed by atoms with Crippen LogP contribution in [0.5, 0.6) is 0 Å². The van der Waals surface area contributed by atoms with Gasteiger partial charge in [-0.2, -0.15) is 0 Å². The van der Waals surface area contributed by atoms with Crippen LogP contribution in [0.25, 0.3) is 0 Å². The quantitative estimate of drug-likeness (QED) is 0.641. The summed E-state index contributed by atoms with van der Waals surface area (Å²) in [4.78, 5) is 0. The summed E-state index contributed by atoms with van der Waals surface area (Å²) in [6, 6.07) is 0. The fourth-order valence-electron chi connectivity index (χ4n) is 4.80. The molecule has 0 aromatic rings. The van der Waals surface area contributed by atoms with E-state index in [1.165, 1.54) is 38.5 Å². The van der Waals surface area contributed by atoms with E-state index in [0.29, 0.717) is 5.41 Å². The summed E-state index contributed by atoms with van der Waals surface area (Å²) in [6.45, 7) is 2.46. The molecule has 0 amide bonds. The summed E-state index contributed by atoms with van der Waals surface area (Å²) < 4.78 is 0. The first-order chi connectivity index (χ1) is 5.57. The van der Waals surface area contributed by atoms with Crippen LogP contribution in [0.3, 0.4) is 0 Å². The minimum atomic E-state index is 0. The van der Waals surface area contributed by atoms with Crippen molar-refractivity contribution in [1.29, 1.82) is 0 Å². The molecule has 4 atom stereocenters. The van der Waals surface area contributed by atoms with Crippen LogP contribution in [0.1, 0.15) is 45.4 Å². The van der Waals surface area contributed by atoms with E-state index in [-0.39, 0.29) is 17.9 Å². The van der Waals surface area contributed by atoms with Crippen molar-refractivity contribution in [1.82, 2.24) is 0 Å². The van der Waals surface area contributed by atoms with E-state index in [4.69, 9.17) is 5.73 Å². The van der Waals surface area contributed by atoms with E-state index in [2.05, 4.69) is 6.92 Å². The van der Waals surface area contributed by atoms with Crippen LogP contribution in [-0.2, 0) is 0 Å². The van der Waals surface area contributed by atoms with Crippen LogP contribution < -0.4 is 5.73 Å². The van der Waals surface area contributed by atoms with E-state index in [1.54, 1.807) is 0 Å². The Bertz CT molecular complexity index is 192. The maximum Gasteiger partial charge on any atom is 0.0164 e. The third-order valence-corrected chi connectivity index (χ3v) is 4.40. The summed E-state index contributed by atoms with van der Waals surface area (Å²) in [7, 11) is 0. The van der Waals surface area contributed by atoms with Gasteiger partial charge in [0.25, 0.3) is 0 Å². The minimum Gasteiger partial charge on any atom is -0.325 e. The molecule has 0 aliphatic heterocycles. The van der Waals surface area contributed by atoms with Crippen molar-refractivity contribution in [2.75, 3.05) is 0 Å². The fraction of sp³-hybridized carbons (Fsp3) is 1.00. The number of hydrogen-bond acceptors (Lipinski definition) is 1. The normalized spacial score (nSPS) is 57.7. The zero-order valence-electron chi connectivity index (χ0n) is 8.38. The van der Waals surface area contributed by atoms with Crippen LogP contribution in [0.15, 0.2) is 0 Å². The number of hydrogen-bond donors (Lipinski definition) is 1. The summed E-state index contributed by atoms with van der Waals surface area (Å²) >= 11 is 0. The SMILES string of the molecule is CC12C[C@H]3C[C@@H](C1)CC(N)(C3)C2.Cl. The van der Waals surface area contributed by atoms with Crippen LogP contribution in [0.2, 0.25) is 0 Å². The molecule has 76 valence electrons. The number of halogens is 1. The Morgan fingerprint density at radius 2 is 1.62 bits per heavy atom. The molecule has 4 bridgehead atoms. The Morgan fingerprint density at radius 1 is 1.08 bits per heavy atom. The maximum atomic E-state index is 6.41. The van der Waals surface area contributed by atoms with Gasteiger partial charge in [-0.25, -0.2) is 0 Å². The molecule has 2 unspecified atom stereocenters. The summed E-state index contributed by atoms with van der Waals surface area (Å²) in [5.74, 6) is 1.97. The Labute approximate surface area is 86.9 Å². The molecule has 0 heterocycles. The van der Waals surface area contributed by atoms with E-state index in [0.717, 1.165) is 11.8 Å². The van der Waals surface area contributed by atoms with Crippen molar-refractivity contribution in [3.05, 3.63) is 0 Å². The third kappa shape index (κ3) is 1.41. The van der Waals surface area contributed by atoms with Gasteiger partial charge in [-0.3, -0.25) is 0 Å². The molecular formula is C11H20ClN. The van der Waals surface area contributed by atoms with Crippen LogP contribution >= 0.6 is 12.4 Å². The molecule has 2 N–H and O–H groups in total. The van der Waals surface area contributed by atoms with Gasteiger partial charge in [-0.1, -0.05) is 6.92 Å². The predicted molar refractivity (Wildman–Crippen MR) is 57.0 cm³/mol. The lowest BCUT2D eigenvalue weighted by atomic mass is 9.48. The lowest BCUT2D eigenvalue weighted by molar-refractivity contribution is -0.0563. The van der Waals surface area contributed by atoms with Crippen molar-refractivity contribution in [2.24, 2.45) is 23.0 Å². The van der Waals surface area contributed by atoms with Gasteiger partial charge in [0.1, 0.15) is 0 Å². The highest BCUT2D eigenvalue weighted by atomic mass is 35.5. The second-order valence-electron chi connectivity index (χ2n) is 6.13. The lowest BCUT2D eigenvalue weighted by Crippen LogP contribution is -2.59. The zero-order chi connectivity index (χ0) is 8.40. The molecule has 2 heteroatoms. The standard InChI is InChI=1S/C11H19N.ClH/c1-10-3-8-2-9(4-10)6-11(12,5-8)7-10;/h8-9H,2-7,12H2,1H3;1H/t8-,9+,10?,11?;. The molecule has 1 nitrogen and oxygen atoms in total. The summed E-state index contributed by atoms with van der Waals surface area (Å²) in [5, 5.41) is 0. The highest BCUT2D eigenvalue weighted by molar-refractivity contribution is 5.85. The fourth-order valence-corrected chi connectivity index (χ4v) is 4.80. The number of rotatable bonds is 0. The van der Waals surface area contributed by atoms with Gasteiger partial charge in [0, 0.05) is 5.54 Å². The van der Waals surface area contributed by atoms with Gasteiger partial charge in [-0.05, 0) is 55.8 Å². The Balaban J connectivity index is 0.000000653. The van der Waals surface area contributed by atoms with Gasteiger partial charge >= 0.3 is 0 Å². The van der Waals surface area contributed by atoms with Gasteiger partial charge in [0.05, 0.1) is 0 Å². The smallest absolute Gasteiger partial charge is 0.0164 e. The molecule has 0 saturated heterocycles. The average molecular weight is 202 g/mol. The first kappa shape index (κ1) is 9.79. The van der Waals surface area contributed by atoms with E-state index in [1.807, 2.05) is 0 Å². The predicted octanol–water partition coefficient (Wildman–Crippen LogP) is 2.73. The molecular weight excluding hydrogens is 182 g/mol. The molecule has 0 spiro atoms. The molecule has 0 aromatic carbocycles. The van der Waals surface area contributed by atoms with Gasteiger partial charge in [0.2, 0.25) is 0 Å². The van der Waals surface area contributed by atoms with Crippen molar-refractivity contribution in [3.8, 4) is 0 Å². The second-order valence-corrected chi connectivity index (χ2v) is 6.13. The van der Waals surface area contributed by atoms with Crippen LogP contribution in [-0.4, -0.2) is 5.54 Å². The topological polar surface area (TPSA) is 26.0 Å².